The van der Waals surface area contributed by atoms with Crippen LogP contribution >= 0.6 is 11.6 Å². The van der Waals surface area contributed by atoms with Gasteiger partial charge in [0.2, 0.25) is 5.91 Å². The van der Waals surface area contributed by atoms with E-state index in [9.17, 15) is 14.9 Å². The molecule has 0 unspecified atom stereocenters. The highest BCUT2D eigenvalue weighted by Crippen LogP contribution is 2.26. The second kappa shape index (κ2) is 6.37. The Bertz CT molecular complexity index is 684. The summed E-state index contributed by atoms with van der Waals surface area (Å²) >= 11 is 5.93. The molecule has 0 aliphatic carbocycles. The van der Waals surface area contributed by atoms with Gasteiger partial charge in [-0.3, -0.25) is 14.9 Å². The summed E-state index contributed by atoms with van der Waals surface area (Å²) in [5.74, 6) is -0.277. The summed E-state index contributed by atoms with van der Waals surface area (Å²) in [5, 5.41) is 13.6. The highest BCUT2D eigenvalue weighted by molar-refractivity contribution is 6.33. The Morgan fingerprint density at radius 2 is 1.90 bits per heavy atom. The minimum atomic E-state index is -0.536. The molecule has 2 rings (SSSR count). The van der Waals surface area contributed by atoms with Gasteiger partial charge in [0.25, 0.3) is 5.69 Å². The number of carbonyl (C=O) groups excluding carboxylic acids is 1. The van der Waals surface area contributed by atoms with E-state index < -0.39 is 4.92 Å². The van der Waals surface area contributed by atoms with Crippen LogP contribution in [0.15, 0.2) is 42.5 Å². The molecule has 5 nitrogen and oxygen atoms in total. The minimum absolute atomic E-state index is 0.120. The van der Waals surface area contributed by atoms with Gasteiger partial charge in [0.15, 0.2) is 0 Å². The Morgan fingerprint density at radius 3 is 2.52 bits per heavy atom. The number of benzene rings is 2. The van der Waals surface area contributed by atoms with Crippen molar-refractivity contribution in [3.63, 3.8) is 0 Å². The number of nitrogens with one attached hydrogen (secondary N) is 1. The number of nitro groups is 1. The molecular weight excluding hydrogens is 292 g/mol. The second-order valence-electron chi connectivity index (χ2n) is 4.63. The lowest BCUT2D eigenvalue weighted by molar-refractivity contribution is -0.384. The molecule has 0 aliphatic rings. The highest BCUT2D eigenvalue weighted by atomic mass is 35.5. The standard InChI is InChI=1S/C15H13ClN2O3/c1-10-2-4-11(5-3-10)8-15(19)17-14-9-12(18(20)21)6-7-13(14)16/h2-7,9H,8H2,1H3,(H,17,19). The number of non-ortho nitro benzene ring substituents is 1. The van der Waals surface area contributed by atoms with Gasteiger partial charge < -0.3 is 5.32 Å². The van der Waals surface area contributed by atoms with Crippen LogP contribution in [0.1, 0.15) is 11.1 Å². The maximum atomic E-state index is 12.0. The lowest BCUT2D eigenvalue weighted by Crippen LogP contribution is -2.14. The smallest absolute Gasteiger partial charge is 0.271 e. The topological polar surface area (TPSA) is 72.2 Å². The number of nitro benzene ring substituents is 1. The number of rotatable bonds is 4. The fourth-order valence-electron chi connectivity index (χ4n) is 1.81. The van der Waals surface area contributed by atoms with E-state index in [2.05, 4.69) is 5.32 Å². The van der Waals surface area contributed by atoms with Gasteiger partial charge in [-0.05, 0) is 18.6 Å². The average Bonchev–Trinajstić information content (AvgIpc) is 2.43. The van der Waals surface area contributed by atoms with Gasteiger partial charge in [-0.25, -0.2) is 0 Å². The van der Waals surface area contributed by atoms with E-state index in [0.29, 0.717) is 0 Å². The first-order chi connectivity index (χ1) is 9.95. The normalized spacial score (nSPS) is 10.2. The summed E-state index contributed by atoms with van der Waals surface area (Å²) in [6.07, 6.45) is 0.180. The third-order valence-electron chi connectivity index (χ3n) is 2.92. The molecule has 2 aromatic rings. The van der Waals surface area contributed by atoms with Crippen LogP contribution in [-0.4, -0.2) is 10.8 Å². The van der Waals surface area contributed by atoms with Crippen molar-refractivity contribution in [2.75, 3.05) is 5.32 Å². The molecule has 0 bridgehead atoms. The zero-order chi connectivity index (χ0) is 15.4. The molecule has 21 heavy (non-hydrogen) atoms. The fourth-order valence-corrected chi connectivity index (χ4v) is 1.97. The van der Waals surface area contributed by atoms with E-state index in [4.69, 9.17) is 11.6 Å². The van der Waals surface area contributed by atoms with Crippen molar-refractivity contribution in [1.82, 2.24) is 0 Å². The lowest BCUT2D eigenvalue weighted by atomic mass is 10.1. The third-order valence-corrected chi connectivity index (χ3v) is 3.25. The van der Waals surface area contributed by atoms with Crippen LogP contribution in [0.25, 0.3) is 0 Å². The summed E-state index contributed by atoms with van der Waals surface area (Å²) in [7, 11) is 0. The molecule has 0 saturated carbocycles. The monoisotopic (exact) mass is 304 g/mol. The molecule has 2 aromatic carbocycles. The van der Waals surface area contributed by atoms with Crippen LogP contribution in [0.4, 0.5) is 11.4 Å². The van der Waals surface area contributed by atoms with Gasteiger partial charge >= 0.3 is 0 Å². The molecule has 0 spiro atoms. The van der Waals surface area contributed by atoms with Crippen LogP contribution in [0.2, 0.25) is 5.02 Å². The number of anilines is 1. The molecule has 1 amide bonds. The van der Waals surface area contributed by atoms with Gasteiger partial charge in [-0.2, -0.15) is 0 Å². The van der Waals surface area contributed by atoms with Crippen molar-refractivity contribution < 1.29 is 9.72 Å². The molecule has 0 radical (unpaired) electrons. The fraction of sp³-hybridized carbons (Fsp3) is 0.133. The van der Waals surface area contributed by atoms with Crippen molar-refractivity contribution in [2.24, 2.45) is 0 Å². The van der Waals surface area contributed by atoms with Crippen molar-refractivity contribution >= 4 is 28.9 Å². The van der Waals surface area contributed by atoms with E-state index in [-0.39, 0.29) is 28.7 Å². The Labute approximate surface area is 126 Å². The molecule has 108 valence electrons. The Kier molecular flexibility index (Phi) is 4.55. The van der Waals surface area contributed by atoms with Crippen LogP contribution in [0, 0.1) is 17.0 Å². The molecule has 1 N–H and O–H groups in total. The van der Waals surface area contributed by atoms with Gasteiger partial charge in [-0.15, -0.1) is 0 Å². The molecule has 0 fully saturated rings. The number of halogens is 1. The van der Waals surface area contributed by atoms with Crippen molar-refractivity contribution in [2.45, 2.75) is 13.3 Å². The number of hydrogen-bond acceptors (Lipinski definition) is 3. The maximum Gasteiger partial charge on any atom is 0.271 e. The van der Waals surface area contributed by atoms with E-state index in [0.717, 1.165) is 11.1 Å². The number of amides is 1. The number of nitrogens with zero attached hydrogens (tertiary/aromatic N) is 1. The third kappa shape index (κ3) is 4.03. The molecule has 0 aromatic heterocycles. The highest BCUT2D eigenvalue weighted by Gasteiger charge is 2.12. The molecule has 0 atom stereocenters. The van der Waals surface area contributed by atoms with Crippen molar-refractivity contribution in [1.29, 1.82) is 0 Å². The molecule has 0 heterocycles. The van der Waals surface area contributed by atoms with Gasteiger partial charge in [0.1, 0.15) is 0 Å². The molecule has 0 saturated heterocycles. The predicted octanol–water partition coefficient (Wildman–Crippen LogP) is 3.74. The van der Waals surface area contributed by atoms with Crippen LogP contribution in [0.5, 0.6) is 0 Å². The predicted molar refractivity (Wildman–Crippen MR) is 81.6 cm³/mol. The Balaban J connectivity index is 2.10. The molecular formula is C15H13ClN2O3. The second-order valence-corrected chi connectivity index (χ2v) is 5.04. The van der Waals surface area contributed by atoms with E-state index in [1.165, 1.54) is 18.2 Å². The van der Waals surface area contributed by atoms with Crippen molar-refractivity contribution in [3.8, 4) is 0 Å². The van der Waals surface area contributed by atoms with Crippen LogP contribution in [0.3, 0.4) is 0 Å². The molecule has 6 heteroatoms. The quantitative estimate of drug-likeness (QED) is 0.691. The number of hydrogen-bond donors (Lipinski definition) is 1. The zero-order valence-electron chi connectivity index (χ0n) is 11.3. The summed E-state index contributed by atoms with van der Waals surface area (Å²) < 4.78 is 0. The van der Waals surface area contributed by atoms with E-state index >= 15 is 0 Å². The zero-order valence-corrected chi connectivity index (χ0v) is 12.1. The summed E-state index contributed by atoms with van der Waals surface area (Å²) in [4.78, 5) is 22.1. The summed E-state index contributed by atoms with van der Waals surface area (Å²) in [6.45, 7) is 1.97. The van der Waals surface area contributed by atoms with Gasteiger partial charge in [0, 0.05) is 12.1 Å². The van der Waals surface area contributed by atoms with Crippen LogP contribution in [-0.2, 0) is 11.2 Å². The van der Waals surface area contributed by atoms with Crippen molar-refractivity contribution in [3.05, 3.63) is 68.7 Å². The summed E-state index contributed by atoms with van der Waals surface area (Å²) in [5.41, 5.74) is 2.09. The lowest BCUT2D eigenvalue weighted by Gasteiger charge is -2.07. The minimum Gasteiger partial charge on any atom is -0.324 e. The average molecular weight is 305 g/mol. The molecule has 0 aliphatic heterocycles. The first kappa shape index (κ1) is 15.0. The number of aryl methyl sites for hydroxylation is 1. The Morgan fingerprint density at radius 1 is 1.24 bits per heavy atom. The van der Waals surface area contributed by atoms with Crippen LogP contribution < -0.4 is 5.32 Å². The largest absolute Gasteiger partial charge is 0.324 e. The van der Waals surface area contributed by atoms with E-state index in [1.54, 1.807) is 0 Å². The Hall–Kier alpha value is -2.40. The SMILES string of the molecule is Cc1ccc(CC(=O)Nc2cc([N+](=O)[O-])ccc2Cl)cc1. The maximum absolute atomic E-state index is 12.0. The van der Waals surface area contributed by atoms with E-state index in [1.807, 2.05) is 31.2 Å². The first-order valence-corrected chi connectivity index (χ1v) is 6.63. The van der Waals surface area contributed by atoms with Gasteiger partial charge in [-0.1, -0.05) is 41.4 Å². The summed E-state index contributed by atoms with van der Waals surface area (Å²) in [6, 6.07) is 11.5. The first-order valence-electron chi connectivity index (χ1n) is 6.25. The van der Waals surface area contributed by atoms with Gasteiger partial charge in [0.05, 0.1) is 22.1 Å². The number of carbonyl (C=O) groups is 1.